The van der Waals surface area contributed by atoms with E-state index in [-0.39, 0.29) is 6.42 Å². The Morgan fingerprint density at radius 3 is 1.61 bits per heavy atom. The maximum Gasteiger partial charge on any atom is 0.329 e. The summed E-state index contributed by atoms with van der Waals surface area (Å²) in [4.78, 5) is 102. The maximum absolute atomic E-state index is 13.1. The van der Waals surface area contributed by atoms with Crippen molar-refractivity contribution in [3.8, 4) is 0 Å². The van der Waals surface area contributed by atoms with Crippen LogP contribution in [0.15, 0.2) is 48.5 Å². The zero-order valence-electron chi connectivity index (χ0n) is 27.8. The normalized spacial score (nSPS) is 19.4. The van der Waals surface area contributed by atoms with Gasteiger partial charge in [-0.25, -0.2) is 4.79 Å². The van der Waals surface area contributed by atoms with E-state index >= 15 is 0 Å². The Morgan fingerprint density at radius 2 is 1.06 bits per heavy atom. The number of hydrogen-bond acceptors (Lipinski definition) is 14. The molecular formula is C33H38N6O12. The lowest BCUT2D eigenvalue weighted by atomic mass is 10.0. The molecule has 1 unspecified atom stereocenters. The molecule has 18 nitrogen and oxygen atoms in total. The van der Waals surface area contributed by atoms with Crippen LogP contribution in [0.2, 0.25) is 0 Å². The topological polar surface area (TPSA) is 228 Å². The second kappa shape index (κ2) is 18.5. The van der Waals surface area contributed by atoms with Crippen LogP contribution in [-0.2, 0) is 70.3 Å². The molecule has 0 bridgehead atoms. The van der Waals surface area contributed by atoms with E-state index in [1.54, 1.807) is 12.1 Å². The molecule has 1 atom stereocenters. The summed E-state index contributed by atoms with van der Waals surface area (Å²) in [6.45, 7) is -2.87. The molecule has 2 aliphatic heterocycles. The van der Waals surface area contributed by atoms with Gasteiger partial charge in [-0.2, -0.15) is 0 Å². The van der Waals surface area contributed by atoms with Crippen LogP contribution in [0.4, 0.5) is 11.4 Å². The summed E-state index contributed by atoms with van der Waals surface area (Å²) in [6, 6.07) is 14.2. The van der Waals surface area contributed by atoms with Crippen LogP contribution in [0, 0.1) is 0 Å². The lowest BCUT2D eigenvalue weighted by Crippen LogP contribution is -2.46. The predicted octanol–water partition coefficient (Wildman–Crippen LogP) is -2.29. The largest absolute Gasteiger partial charge is 0.454 e. The smallest absolute Gasteiger partial charge is 0.329 e. The zero-order valence-corrected chi connectivity index (χ0v) is 27.8. The monoisotopic (exact) mass is 710 g/mol. The quantitative estimate of drug-likeness (QED) is 0.194. The Labute approximate surface area is 292 Å². The van der Waals surface area contributed by atoms with Crippen molar-refractivity contribution in [2.45, 2.75) is 19.0 Å². The van der Waals surface area contributed by atoms with E-state index in [1.165, 1.54) is 0 Å². The van der Waals surface area contributed by atoms with E-state index < -0.39 is 99.6 Å². The van der Waals surface area contributed by atoms with Gasteiger partial charge in [0.25, 0.3) is 23.6 Å². The molecule has 0 spiro atoms. The summed E-state index contributed by atoms with van der Waals surface area (Å²) in [5.41, 5.74) is 3.90. The van der Waals surface area contributed by atoms with Gasteiger partial charge in [0.05, 0.1) is 11.4 Å². The Bertz CT molecular complexity index is 1630. The van der Waals surface area contributed by atoms with Gasteiger partial charge in [0.15, 0.2) is 26.4 Å². The molecule has 2 aromatic carbocycles. The van der Waals surface area contributed by atoms with Gasteiger partial charge >= 0.3 is 23.9 Å². The van der Waals surface area contributed by atoms with E-state index in [4.69, 9.17) is 14.2 Å². The molecule has 18 heteroatoms. The van der Waals surface area contributed by atoms with Crippen molar-refractivity contribution in [3.05, 3.63) is 59.7 Å². The van der Waals surface area contributed by atoms with Crippen LogP contribution in [0.3, 0.4) is 0 Å². The number of likely N-dealkylation sites (N-methyl/N-ethyl adjacent to an activating group) is 1. The number of amides is 4. The minimum absolute atomic E-state index is 0.0546. The van der Waals surface area contributed by atoms with Crippen molar-refractivity contribution in [1.82, 2.24) is 21.3 Å². The number of carbonyl (C=O) groups excluding carboxylic acids is 8. The third-order valence-electron chi connectivity index (χ3n) is 7.52. The Hall–Kier alpha value is -6.20. The molecular weight excluding hydrogens is 672 g/mol. The molecule has 0 aromatic heterocycles. The van der Waals surface area contributed by atoms with Crippen LogP contribution in [0.5, 0.6) is 0 Å². The van der Waals surface area contributed by atoms with Gasteiger partial charge in [0.1, 0.15) is 25.7 Å². The number of para-hydroxylation sites is 2. The Kier molecular flexibility index (Phi) is 13.7. The fraction of sp³-hybridized carbons (Fsp3) is 0.394. The highest BCUT2D eigenvalue weighted by molar-refractivity contribution is 5.90. The van der Waals surface area contributed by atoms with Gasteiger partial charge in [-0.1, -0.05) is 36.4 Å². The molecule has 51 heavy (non-hydrogen) atoms. The summed E-state index contributed by atoms with van der Waals surface area (Å²) >= 11 is 0. The summed E-state index contributed by atoms with van der Waals surface area (Å²) < 4.78 is 19.3. The molecule has 4 N–H and O–H groups in total. The maximum atomic E-state index is 13.1. The highest BCUT2D eigenvalue weighted by Gasteiger charge is 2.25. The number of nitrogens with zero attached hydrogens (tertiary/aromatic N) is 2. The highest BCUT2D eigenvalue weighted by atomic mass is 16.6. The lowest BCUT2D eigenvalue weighted by molar-refractivity contribution is -0.154. The number of rotatable bonds is 4. The minimum Gasteiger partial charge on any atom is -0.454 e. The van der Waals surface area contributed by atoms with Crippen molar-refractivity contribution < 1.29 is 57.3 Å². The minimum atomic E-state index is -1.32. The highest BCUT2D eigenvalue weighted by Crippen LogP contribution is 2.32. The van der Waals surface area contributed by atoms with E-state index in [1.807, 2.05) is 31.3 Å². The summed E-state index contributed by atoms with van der Waals surface area (Å²) in [5, 5.41) is 8.84. The zero-order chi connectivity index (χ0) is 36.8. The number of benzene rings is 2. The molecule has 2 heterocycles. The van der Waals surface area contributed by atoms with Gasteiger partial charge in [0.2, 0.25) is 0 Å². The van der Waals surface area contributed by atoms with Crippen LogP contribution < -0.4 is 31.1 Å². The average molecular weight is 711 g/mol. The molecule has 2 aliphatic rings. The van der Waals surface area contributed by atoms with E-state index in [0.717, 1.165) is 30.0 Å². The van der Waals surface area contributed by atoms with E-state index in [2.05, 4.69) is 47.9 Å². The van der Waals surface area contributed by atoms with Gasteiger partial charge < -0.3 is 50.0 Å². The van der Waals surface area contributed by atoms with Gasteiger partial charge in [-0.3, -0.25) is 33.6 Å². The summed E-state index contributed by atoms with van der Waals surface area (Å²) in [6.07, 6.45) is -0.0546. The van der Waals surface area contributed by atoms with E-state index in [9.17, 15) is 38.4 Å². The fourth-order valence-corrected chi connectivity index (χ4v) is 4.89. The fourth-order valence-electron chi connectivity index (χ4n) is 4.89. The molecule has 0 saturated carbocycles. The third kappa shape index (κ3) is 12.3. The lowest BCUT2D eigenvalue weighted by Gasteiger charge is -2.37. The number of esters is 4. The molecule has 1 fully saturated rings. The second-order valence-corrected chi connectivity index (χ2v) is 11.4. The molecule has 4 amide bonds. The predicted molar refractivity (Wildman–Crippen MR) is 176 cm³/mol. The first-order valence-electron chi connectivity index (χ1n) is 15.8. The number of carbonyl (C=O) groups is 8. The molecule has 2 aromatic rings. The number of anilines is 2. The number of ether oxygens (including phenoxy) is 4. The van der Waals surface area contributed by atoms with Crippen LogP contribution in [-0.4, -0.2) is 120 Å². The first kappa shape index (κ1) is 37.6. The third-order valence-corrected chi connectivity index (χ3v) is 7.52. The number of cyclic esters (lactones) is 4. The van der Waals surface area contributed by atoms with Crippen molar-refractivity contribution in [3.63, 3.8) is 0 Å². The van der Waals surface area contributed by atoms with E-state index in [0.29, 0.717) is 12.1 Å². The number of hydrogen-bond donors (Lipinski definition) is 4. The van der Waals surface area contributed by atoms with Gasteiger partial charge in [-0.15, -0.1) is 0 Å². The number of nitrogens with one attached hydrogen (secondary N) is 4. The van der Waals surface area contributed by atoms with Crippen LogP contribution in [0.1, 0.15) is 11.1 Å². The van der Waals surface area contributed by atoms with Crippen molar-refractivity contribution >= 4 is 58.9 Å². The molecule has 0 aliphatic carbocycles. The van der Waals surface area contributed by atoms with Crippen LogP contribution >= 0.6 is 0 Å². The van der Waals surface area contributed by atoms with Gasteiger partial charge in [-0.05, 0) is 23.3 Å². The molecule has 272 valence electrons. The molecule has 1 saturated heterocycles. The van der Waals surface area contributed by atoms with Crippen molar-refractivity contribution in [1.29, 1.82) is 0 Å². The van der Waals surface area contributed by atoms with Crippen molar-refractivity contribution in [2.75, 3.05) is 76.0 Å². The van der Waals surface area contributed by atoms with Crippen molar-refractivity contribution in [2.24, 2.45) is 0 Å². The van der Waals surface area contributed by atoms with Crippen LogP contribution in [0.25, 0.3) is 0 Å². The first-order chi connectivity index (χ1) is 24.5. The average Bonchev–Trinajstić information content (AvgIpc) is 3.13. The summed E-state index contributed by atoms with van der Waals surface area (Å²) in [7, 11) is 2.05. The molecule has 4 rings (SSSR count). The second-order valence-electron chi connectivity index (χ2n) is 11.4. The number of fused-ring (bicyclic) bond motifs is 1. The SMILES string of the molecule is CN1CCN(Cc2ccc(CC3NC(=O)COC(=O)CNC(=O)COC(=O)CNC(=O)COC(=O)CNC(=O)COC3=O)cc2)c2ccccc21. The first-order valence-corrected chi connectivity index (χ1v) is 15.8. The molecule has 0 radical (unpaired) electrons. The Balaban J connectivity index is 1.40. The summed E-state index contributed by atoms with van der Waals surface area (Å²) in [5.74, 6) is -7.48. The standard InChI is InChI=1S/C33H38N6O12/c1-38-10-11-39(25-5-3-2-4-24(25)38)16-22-8-6-21(7-9-22)12-23-33(47)51-19-28(42)36-14-31(45)49-17-26(40)34-13-30(44)48-18-27(41)35-15-32(46)50-20-29(43)37-23/h2-9,23H,10-20H2,1H3,(H,34,40)(H,35,41)(H,36,42)(H,37,43). The Morgan fingerprint density at radius 1 is 0.588 bits per heavy atom. The van der Waals surface area contributed by atoms with Gasteiger partial charge in [0, 0.05) is 33.1 Å².